The zero-order valence-corrected chi connectivity index (χ0v) is 16.1. The molecule has 1 aromatic carbocycles. The second-order valence-electron chi connectivity index (χ2n) is 6.39. The highest BCUT2D eigenvalue weighted by Crippen LogP contribution is 2.30. The molecular weight excluding hydrogens is 405 g/mol. The van der Waals surface area contributed by atoms with Gasteiger partial charge in [0.25, 0.3) is 0 Å². The molecule has 0 radical (unpaired) electrons. The lowest BCUT2D eigenvalue weighted by molar-refractivity contribution is -0.274. The van der Waals surface area contributed by atoms with Gasteiger partial charge in [-0.3, -0.25) is 9.69 Å². The largest absolute Gasteiger partial charge is 0.573 e. The summed E-state index contributed by atoms with van der Waals surface area (Å²) >= 11 is 0. The summed E-state index contributed by atoms with van der Waals surface area (Å²) in [5.74, 6) is -0.234. The third-order valence-electron chi connectivity index (χ3n) is 4.36. The molecule has 2 N–H and O–H groups in total. The minimum absolute atomic E-state index is 0.232. The number of carbonyl (C=O) groups excluding carboxylic acids is 2. The number of anilines is 2. The Balaban J connectivity index is 1.78. The maximum absolute atomic E-state index is 12.9. The normalized spacial score (nSPS) is 14.4. The number of halogens is 3. The SMILES string of the molecule is CCC(NC(=O)N1CC(=O)Nc2ccc(OC)nc21)c1ccc(OC(F)(F)F)cc1. The van der Waals surface area contributed by atoms with E-state index in [0.717, 1.165) is 0 Å². The van der Waals surface area contributed by atoms with Crippen LogP contribution in [-0.4, -0.2) is 36.9 Å². The summed E-state index contributed by atoms with van der Waals surface area (Å²) < 4.78 is 45.9. The summed E-state index contributed by atoms with van der Waals surface area (Å²) in [6.07, 6.45) is -4.32. The van der Waals surface area contributed by atoms with Gasteiger partial charge in [-0.1, -0.05) is 19.1 Å². The number of hydrogen-bond acceptors (Lipinski definition) is 5. The molecule has 0 bridgehead atoms. The van der Waals surface area contributed by atoms with E-state index in [4.69, 9.17) is 4.74 Å². The van der Waals surface area contributed by atoms with Gasteiger partial charge in [-0.2, -0.15) is 4.98 Å². The summed E-state index contributed by atoms with van der Waals surface area (Å²) in [5, 5.41) is 5.42. The van der Waals surface area contributed by atoms with Crippen molar-refractivity contribution in [2.24, 2.45) is 0 Å². The van der Waals surface area contributed by atoms with Gasteiger partial charge in [0, 0.05) is 6.07 Å². The highest BCUT2D eigenvalue weighted by Gasteiger charge is 2.32. The van der Waals surface area contributed by atoms with Crippen molar-refractivity contribution in [2.75, 3.05) is 23.9 Å². The predicted molar refractivity (Wildman–Crippen MR) is 101 cm³/mol. The fraction of sp³-hybridized carbons (Fsp3) is 0.316. The van der Waals surface area contributed by atoms with Crippen LogP contribution in [-0.2, 0) is 4.79 Å². The Morgan fingerprint density at radius 2 is 1.97 bits per heavy atom. The Kier molecular flexibility index (Phi) is 5.99. The summed E-state index contributed by atoms with van der Waals surface area (Å²) in [6, 6.07) is 7.28. The van der Waals surface area contributed by atoms with Crippen molar-refractivity contribution in [1.29, 1.82) is 0 Å². The van der Waals surface area contributed by atoms with Crippen molar-refractivity contribution in [1.82, 2.24) is 10.3 Å². The molecule has 1 aliphatic rings. The topological polar surface area (TPSA) is 92.8 Å². The van der Waals surface area contributed by atoms with Crippen molar-refractivity contribution >= 4 is 23.4 Å². The second-order valence-corrected chi connectivity index (χ2v) is 6.39. The number of urea groups is 1. The number of rotatable bonds is 5. The lowest BCUT2D eigenvalue weighted by Crippen LogP contribution is -2.48. The Labute approximate surface area is 170 Å². The van der Waals surface area contributed by atoms with Crippen LogP contribution >= 0.6 is 0 Å². The van der Waals surface area contributed by atoms with Gasteiger partial charge in [-0.25, -0.2) is 4.79 Å². The molecule has 1 unspecified atom stereocenters. The number of pyridine rings is 1. The Morgan fingerprint density at radius 3 is 2.57 bits per heavy atom. The number of methoxy groups -OCH3 is 1. The number of benzene rings is 1. The highest BCUT2D eigenvalue weighted by atomic mass is 19.4. The Hall–Kier alpha value is -3.50. The van der Waals surface area contributed by atoms with E-state index in [9.17, 15) is 22.8 Å². The maximum Gasteiger partial charge on any atom is 0.573 e. The van der Waals surface area contributed by atoms with E-state index in [-0.39, 0.29) is 29.9 Å². The number of ether oxygens (including phenoxy) is 2. The molecule has 1 aromatic heterocycles. The number of aromatic nitrogens is 1. The standard InChI is InChI=1S/C19H19F3N4O4/c1-3-13(11-4-6-12(7-5-11)30-19(20,21)22)24-18(28)26-10-15(27)23-14-8-9-16(29-2)25-17(14)26/h4-9,13H,3,10H2,1-2H3,(H,23,27)(H,24,28). The molecule has 3 amide bonds. The minimum Gasteiger partial charge on any atom is -0.481 e. The first-order valence-corrected chi connectivity index (χ1v) is 8.98. The molecule has 0 spiro atoms. The van der Waals surface area contributed by atoms with E-state index >= 15 is 0 Å². The summed E-state index contributed by atoms with van der Waals surface area (Å²) in [6.45, 7) is 1.57. The molecular formula is C19H19F3N4O4. The second kappa shape index (κ2) is 8.47. The molecule has 0 fully saturated rings. The van der Waals surface area contributed by atoms with Crippen molar-refractivity contribution in [3.05, 3.63) is 42.0 Å². The van der Waals surface area contributed by atoms with Gasteiger partial charge in [0.05, 0.1) is 18.8 Å². The van der Waals surface area contributed by atoms with Crippen molar-refractivity contribution in [3.63, 3.8) is 0 Å². The minimum atomic E-state index is -4.78. The van der Waals surface area contributed by atoms with Gasteiger partial charge in [0.1, 0.15) is 12.3 Å². The van der Waals surface area contributed by atoms with Crippen molar-refractivity contribution < 1.29 is 32.2 Å². The first-order valence-electron chi connectivity index (χ1n) is 8.98. The number of nitrogens with one attached hydrogen (secondary N) is 2. The first kappa shape index (κ1) is 21.2. The molecule has 2 heterocycles. The van der Waals surface area contributed by atoms with Crippen LogP contribution in [0, 0.1) is 0 Å². The van der Waals surface area contributed by atoms with E-state index in [2.05, 4.69) is 20.4 Å². The van der Waals surface area contributed by atoms with Crippen LogP contribution in [0.3, 0.4) is 0 Å². The molecule has 1 atom stereocenters. The quantitative estimate of drug-likeness (QED) is 0.765. The fourth-order valence-electron chi connectivity index (χ4n) is 2.97. The maximum atomic E-state index is 12.9. The van der Waals surface area contributed by atoms with Gasteiger partial charge < -0.3 is 20.1 Å². The van der Waals surface area contributed by atoms with Crippen LogP contribution in [0.1, 0.15) is 24.9 Å². The van der Waals surface area contributed by atoms with E-state index < -0.39 is 18.4 Å². The van der Waals surface area contributed by atoms with Gasteiger partial charge in [0.2, 0.25) is 11.8 Å². The van der Waals surface area contributed by atoms with Crippen molar-refractivity contribution in [2.45, 2.75) is 25.7 Å². The fourth-order valence-corrected chi connectivity index (χ4v) is 2.97. The summed E-state index contributed by atoms with van der Waals surface area (Å²) in [7, 11) is 1.43. The number of hydrogen-bond donors (Lipinski definition) is 2. The van der Waals surface area contributed by atoms with Gasteiger partial charge in [-0.15, -0.1) is 13.2 Å². The van der Waals surface area contributed by atoms with Crippen LogP contribution in [0.2, 0.25) is 0 Å². The number of nitrogens with zero attached hydrogens (tertiary/aromatic N) is 2. The molecule has 3 rings (SSSR count). The van der Waals surface area contributed by atoms with Crippen LogP contribution in [0.4, 0.5) is 29.5 Å². The third-order valence-corrected chi connectivity index (χ3v) is 4.36. The molecule has 8 nitrogen and oxygen atoms in total. The predicted octanol–water partition coefficient (Wildman–Crippen LogP) is 3.61. The lowest BCUT2D eigenvalue weighted by Gasteiger charge is -2.30. The molecule has 160 valence electrons. The number of alkyl halides is 3. The number of carbonyl (C=O) groups is 2. The van der Waals surface area contributed by atoms with E-state index in [0.29, 0.717) is 17.7 Å². The molecule has 2 aromatic rings. The monoisotopic (exact) mass is 424 g/mol. The zero-order valence-electron chi connectivity index (χ0n) is 16.1. The van der Waals surface area contributed by atoms with Gasteiger partial charge in [0.15, 0.2) is 5.82 Å². The van der Waals surface area contributed by atoms with Gasteiger partial charge >= 0.3 is 12.4 Å². The van der Waals surface area contributed by atoms with Crippen molar-refractivity contribution in [3.8, 4) is 11.6 Å². The molecule has 0 aliphatic carbocycles. The lowest BCUT2D eigenvalue weighted by atomic mass is 10.0. The molecule has 0 saturated heterocycles. The summed E-state index contributed by atoms with van der Waals surface area (Å²) in [4.78, 5) is 30.3. The van der Waals surface area contributed by atoms with Gasteiger partial charge in [-0.05, 0) is 30.2 Å². The average Bonchev–Trinajstić information content (AvgIpc) is 2.70. The third kappa shape index (κ3) is 4.91. The zero-order chi connectivity index (χ0) is 21.9. The van der Waals surface area contributed by atoms with Crippen LogP contribution in [0.5, 0.6) is 11.6 Å². The van der Waals surface area contributed by atoms with E-state index in [1.807, 2.05) is 6.92 Å². The smallest absolute Gasteiger partial charge is 0.481 e. The molecule has 1 aliphatic heterocycles. The molecule has 0 saturated carbocycles. The molecule has 11 heteroatoms. The molecule has 30 heavy (non-hydrogen) atoms. The number of amides is 3. The van der Waals surface area contributed by atoms with E-state index in [1.54, 1.807) is 12.1 Å². The Bertz CT molecular complexity index is 934. The number of fused-ring (bicyclic) bond motifs is 1. The Morgan fingerprint density at radius 1 is 1.27 bits per heavy atom. The van der Waals surface area contributed by atoms with Crippen LogP contribution in [0.15, 0.2) is 36.4 Å². The highest BCUT2D eigenvalue weighted by molar-refractivity contribution is 6.08. The first-order chi connectivity index (χ1) is 14.2. The summed E-state index contributed by atoms with van der Waals surface area (Å²) in [5.41, 5.74) is 0.949. The average molecular weight is 424 g/mol. The van der Waals surface area contributed by atoms with Crippen LogP contribution in [0.25, 0.3) is 0 Å². The van der Waals surface area contributed by atoms with Crippen LogP contribution < -0.4 is 25.0 Å². The van der Waals surface area contributed by atoms with E-state index in [1.165, 1.54) is 36.3 Å².